The number of nitrogen functional groups attached to an aromatic ring is 1. The van der Waals surface area contributed by atoms with Crippen molar-refractivity contribution in [1.29, 1.82) is 0 Å². The number of halogens is 2. The summed E-state index contributed by atoms with van der Waals surface area (Å²) in [6.45, 7) is 2.94. The van der Waals surface area contributed by atoms with E-state index in [4.69, 9.17) is 32.5 Å². The van der Waals surface area contributed by atoms with Gasteiger partial charge < -0.3 is 25.8 Å². The van der Waals surface area contributed by atoms with Crippen molar-refractivity contribution in [2.45, 2.75) is 18.8 Å². The first-order chi connectivity index (χ1) is 16.0. The van der Waals surface area contributed by atoms with E-state index in [-0.39, 0.29) is 16.9 Å². The van der Waals surface area contributed by atoms with Crippen LogP contribution in [0.2, 0.25) is 5.02 Å². The van der Waals surface area contributed by atoms with Gasteiger partial charge in [-0.2, -0.15) is 0 Å². The maximum atomic E-state index is 14.9. The molecule has 1 aromatic heterocycles. The fourth-order valence-electron chi connectivity index (χ4n) is 4.60. The molecular formula is C23H26ClFN6O2. The number of nitrogens with zero attached hydrogens (tertiary/aromatic N) is 4. The lowest BCUT2D eigenvalue weighted by atomic mass is 10.0. The molecule has 0 spiro atoms. The number of morpholine rings is 1. The molecule has 2 aliphatic heterocycles. The third kappa shape index (κ3) is 3.85. The minimum Gasteiger partial charge on any atom is -0.398 e. The molecule has 1 saturated heterocycles. The third-order valence-electron chi connectivity index (χ3n) is 6.30. The number of rotatable bonds is 5. The molecule has 2 aliphatic rings. The van der Waals surface area contributed by atoms with E-state index in [0.717, 1.165) is 24.3 Å². The molecule has 2 atom stereocenters. The van der Waals surface area contributed by atoms with Crippen molar-refractivity contribution in [2.24, 2.45) is 5.73 Å². The highest BCUT2D eigenvalue weighted by atomic mass is 35.5. The monoisotopic (exact) mass is 472 g/mol. The van der Waals surface area contributed by atoms with E-state index in [1.54, 1.807) is 36.7 Å². The number of ether oxygens (including phenoxy) is 2. The Kier molecular flexibility index (Phi) is 5.98. The lowest BCUT2D eigenvalue weighted by Crippen LogP contribution is -2.45. The highest BCUT2D eigenvalue weighted by Crippen LogP contribution is 2.46. The van der Waals surface area contributed by atoms with Crippen LogP contribution in [0.1, 0.15) is 17.4 Å². The smallest absolute Gasteiger partial charge is 0.148 e. The molecule has 2 unspecified atom stereocenters. The fraction of sp³-hybridized carbons (Fsp3) is 0.348. The molecule has 4 N–H and O–H groups in total. The molecule has 3 heterocycles. The number of benzene rings is 2. The molecule has 10 heteroatoms. The number of hydrogen-bond donors (Lipinski definition) is 2. The quantitative estimate of drug-likeness (QED) is 0.550. The second kappa shape index (κ2) is 8.92. The Balaban J connectivity index is 1.60. The second-order valence-electron chi connectivity index (χ2n) is 8.16. The third-order valence-corrected chi connectivity index (χ3v) is 6.61. The van der Waals surface area contributed by atoms with E-state index in [2.05, 4.69) is 9.88 Å². The second-order valence-corrected chi connectivity index (χ2v) is 8.56. The Morgan fingerprint density at radius 3 is 2.79 bits per heavy atom. The largest absolute Gasteiger partial charge is 0.398 e. The summed E-state index contributed by atoms with van der Waals surface area (Å²) in [6.07, 6.45) is 3.13. The average molecular weight is 473 g/mol. The van der Waals surface area contributed by atoms with Gasteiger partial charge >= 0.3 is 0 Å². The predicted molar refractivity (Wildman–Crippen MR) is 125 cm³/mol. The van der Waals surface area contributed by atoms with Gasteiger partial charge in [0.1, 0.15) is 18.2 Å². The molecule has 8 nitrogen and oxygen atoms in total. The van der Waals surface area contributed by atoms with E-state index >= 15 is 0 Å². The van der Waals surface area contributed by atoms with Gasteiger partial charge in [-0.3, -0.25) is 9.47 Å². The van der Waals surface area contributed by atoms with E-state index in [0.29, 0.717) is 36.7 Å². The number of aromatic nitrogens is 2. The lowest BCUT2D eigenvalue weighted by Gasteiger charge is -2.38. The summed E-state index contributed by atoms with van der Waals surface area (Å²) in [6, 6.07) is 8.39. The van der Waals surface area contributed by atoms with Crippen molar-refractivity contribution in [3.63, 3.8) is 0 Å². The Hall–Kier alpha value is -2.69. The van der Waals surface area contributed by atoms with E-state index in [1.807, 2.05) is 16.7 Å². The van der Waals surface area contributed by atoms with Gasteiger partial charge in [-0.25, -0.2) is 9.37 Å². The van der Waals surface area contributed by atoms with Crippen LogP contribution in [-0.2, 0) is 15.9 Å². The van der Waals surface area contributed by atoms with Gasteiger partial charge in [-0.05, 0) is 29.8 Å². The Morgan fingerprint density at radius 1 is 1.27 bits per heavy atom. The van der Waals surface area contributed by atoms with E-state index < -0.39 is 12.0 Å². The average Bonchev–Trinajstić information content (AvgIpc) is 3.31. The number of methoxy groups -OCH3 is 1. The fourth-order valence-corrected chi connectivity index (χ4v) is 4.85. The van der Waals surface area contributed by atoms with Crippen LogP contribution in [-0.4, -0.2) is 54.1 Å². The Morgan fingerprint density at radius 2 is 2.06 bits per heavy atom. The molecule has 0 amide bonds. The van der Waals surface area contributed by atoms with Gasteiger partial charge in [0.15, 0.2) is 0 Å². The number of imidazole rings is 1. The van der Waals surface area contributed by atoms with Crippen LogP contribution >= 0.6 is 11.6 Å². The van der Waals surface area contributed by atoms with Gasteiger partial charge in [-0.1, -0.05) is 17.7 Å². The summed E-state index contributed by atoms with van der Waals surface area (Å²) in [5.41, 5.74) is 16.9. The van der Waals surface area contributed by atoms with Crippen LogP contribution in [0.25, 0.3) is 5.69 Å². The minimum atomic E-state index is -0.695. The standard InChI is InChI=1S/C23H26ClFN6O2/c1-32-21(29-5-7-33-8-6-29)10-14-9-18-19(11-17(14)26)31(22-15(24)3-2-4-16(22)25)23(27)20-12-28-13-30(18)20/h2-4,9,11-13,21,23H,5-8,10,26-27H2,1H3. The molecule has 2 aromatic carbocycles. The summed E-state index contributed by atoms with van der Waals surface area (Å²) in [7, 11) is 1.70. The van der Waals surface area contributed by atoms with Crippen molar-refractivity contribution in [1.82, 2.24) is 14.5 Å². The first-order valence-corrected chi connectivity index (χ1v) is 11.2. The maximum Gasteiger partial charge on any atom is 0.148 e. The topological polar surface area (TPSA) is 94.8 Å². The molecule has 1 fully saturated rings. The molecular weight excluding hydrogens is 447 g/mol. The molecule has 3 aromatic rings. The molecule has 33 heavy (non-hydrogen) atoms. The van der Waals surface area contributed by atoms with Crippen molar-refractivity contribution in [2.75, 3.05) is 44.0 Å². The van der Waals surface area contributed by atoms with Crippen LogP contribution in [0.15, 0.2) is 42.9 Å². The number of nitrogens with two attached hydrogens (primary N) is 2. The van der Waals surface area contributed by atoms with Crippen molar-refractivity contribution < 1.29 is 13.9 Å². The highest BCUT2D eigenvalue weighted by Gasteiger charge is 2.34. The number of hydrogen-bond acceptors (Lipinski definition) is 7. The van der Waals surface area contributed by atoms with Crippen molar-refractivity contribution >= 4 is 28.7 Å². The molecule has 0 saturated carbocycles. The zero-order valence-corrected chi connectivity index (χ0v) is 19.0. The van der Waals surface area contributed by atoms with Crippen LogP contribution in [0.4, 0.5) is 21.5 Å². The van der Waals surface area contributed by atoms with Crippen molar-refractivity contribution in [3.05, 3.63) is 65.0 Å². The molecule has 5 rings (SSSR count). The van der Waals surface area contributed by atoms with Gasteiger partial charge in [-0.15, -0.1) is 0 Å². The molecule has 174 valence electrons. The van der Waals surface area contributed by atoms with Gasteiger partial charge in [0, 0.05) is 32.3 Å². The lowest BCUT2D eigenvalue weighted by molar-refractivity contribution is -0.0777. The normalized spacial score (nSPS) is 19.3. The summed E-state index contributed by atoms with van der Waals surface area (Å²) in [4.78, 5) is 8.20. The number of fused-ring (bicyclic) bond motifs is 3. The van der Waals surface area contributed by atoms with Crippen molar-refractivity contribution in [3.8, 4) is 5.69 Å². The van der Waals surface area contributed by atoms with Gasteiger partial charge in [0.25, 0.3) is 0 Å². The zero-order chi connectivity index (χ0) is 23.1. The predicted octanol–water partition coefficient (Wildman–Crippen LogP) is 3.20. The molecule has 0 aliphatic carbocycles. The summed E-state index contributed by atoms with van der Waals surface area (Å²) in [5, 5.41) is 0.263. The summed E-state index contributed by atoms with van der Waals surface area (Å²) >= 11 is 6.42. The zero-order valence-electron chi connectivity index (χ0n) is 18.2. The SMILES string of the molecule is COC(Cc1cc2c(cc1N)N(c1c(F)cccc1Cl)C(N)c1cncn1-2)N1CCOCC1. The maximum absolute atomic E-state index is 14.9. The van der Waals surface area contributed by atoms with E-state index in [1.165, 1.54) is 6.07 Å². The molecule has 0 bridgehead atoms. The van der Waals surface area contributed by atoms with Gasteiger partial charge in [0.05, 0.1) is 53.5 Å². The van der Waals surface area contributed by atoms with Crippen LogP contribution < -0.4 is 16.4 Å². The molecule has 0 radical (unpaired) electrons. The Bertz CT molecular complexity index is 1150. The minimum absolute atomic E-state index is 0.139. The van der Waals surface area contributed by atoms with E-state index in [9.17, 15) is 4.39 Å². The van der Waals surface area contributed by atoms with Crippen LogP contribution in [0.5, 0.6) is 0 Å². The van der Waals surface area contributed by atoms with Crippen LogP contribution in [0.3, 0.4) is 0 Å². The summed E-state index contributed by atoms with van der Waals surface area (Å²) in [5.74, 6) is -0.466. The first-order valence-electron chi connectivity index (χ1n) is 10.8. The first kappa shape index (κ1) is 22.1. The van der Waals surface area contributed by atoms with Gasteiger partial charge in [0.2, 0.25) is 0 Å². The van der Waals surface area contributed by atoms with Crippen LogP contribution in [0, 0.1) is 5.82 Å². The Labute approximate surface area is 196 Å². The summed E-state index contributed by atoms with van der Waals surface area (Å²) < 4.78 is 28.1. The number of para-hydroxylation sites is 1. The number of anilines is 3. The highest BCUT2D eigenvalue weighted by molar-refractivity contribution is 6.33.